The highest BCUT2D eigenvalue weighted by molar-refractivity contribution is 6.00. The third-order valence-electron chi connectivity index (χ3n) is 8.71. The minimum atomic E-state index is -1.36. The summed E-state index contributed by atoms with van der Waals surface area (Å²) in [6, 6.07) is 2.19. The fraction of sp³-hybridized carbons (Fsp3) is 0.560. The van der Waals surface area contributed by atoms with E-state index in [1.807, 2.05) is 6.92 Å². The van der Waals surface area contributed by atoms with E-state index >= 15 is 0 Å². The van der Waals surface area contributed by atoms with Gasteiger partial charge in [0.2, 0.25) is 5.91 Å². The van der Waals surface area contributed by atoms with Crippen molar-refractivity contribution in [1.82, 2.24) is 0 Å². The molecule has 1 aromatic carbocycles. The number of amides is 1. The zero-order valence-corrected chi connectivity index (χ0v) is 18.1. The lowest BCUT2D eigenvalue weighted by Gasteiger charge is -2.65. The molecule has 0 aliphatic heterocycles. The van der Waals surface area contributed by atoms with Gasteiger partial charge in [0.25, 0.3) is 0 Å². The van der Waals surface area contributed by atoms with Crippen LogP contribution in [0, 0.1) is 34.5 Å². The number of aromatic hydroxyl groups is 2. The number of anilines is 1. The molecule has 32 heavy (non-hydrogen) atoms. The van der Waals surface area contributed by atoms with Crippen molar-refractivity contribution in [3.8, 4) is 11.5 Å². The predicted molar refractivity (Wildman–Crippen MR) is 116 cm³/mol. The van der Waals surface area contributed by atoms with Crippen molar-refractivity contribution in [2.24, 2.45) is 34.5 Å². The number of hydrogen-bond donors (Lipinski definition) is 4. The first-order chi connectivity index (χ1) is 15.1. The van der Waals surface area contributed by atoms with Crippen LogP contribution in [0.3, 0.4) is 0 Å². The van der Waals surface area contributed by atoms with Crippen LogP contribution in [0.15, 0.2) is 24.3 Å². The van der Waals surface area contributed by atoms with E-state index in [-0.39, 0.29) is 29.2 Å². The van der Waals surface area contributed by atoms with Gasteiger partial charge in [-0.2, -0.15) is 0 Å². The van der Waals surface area contributed by atoms with Crippen LogP contribution in [-0.4, -0.2) is 33.0 Å². The predicted octanol–water partition coefficient (Wildman–Crippen LogP) is 4.10. The summed E-state index contributed by atoms with van der Waals surface area (Å²) in [5.41, 5.74) is -1.29. The van der Waals surface area contributed by atoms with Crippen molar-refractivity contribution in [2.45, 2.75) is 51.9 Å². The van der Waals surface area contributed by atoms with Gasteiger partial charge < -0.3 is 20.6 Å². The van der Waals surface area contributed by atoms with Crippen LogP contribution >= 0.6 is 0 Å². The SMILES string of the molecule is C[C@@]1(CCC(=O)Nc2c(O)ccc(C(=O)O)c2O)C(=O)C=CC23CC4CC(CC(C4)C21)C3. The fourth-order valence-corrected chi connectivity index (χ4v) is 7.81. The second-order valence-corrected chi connectivity index (χ2v) is 10.6. The van der Waals surface area contributed by atoms with E-state index in [9.17, 15) is 24.6 Å². The average molecular weight is 440 g/mol. The maximum Gasteiger partial charge on any atom is 0.339 e. The summed E-state index contributed by atoms with van der Waals surface area (Å²) in [5.74, 6) is -0.599. The van der Waals surface area contributed by atoms with E-state index in [1.54, 1.807) is 6.08 Å². The highest BCUT2D eigenvalue weighted by atomic mass is 16.4. The van der Waals surface area contributed by atoms with Crippen LogP contribution in [0.25, 0.3) is 0 Å². The number of benzene rings is 1. The molecule has 0 radical (unpaired) electrons. The first kappa shape index (κ1) is 21.0. The van der Waals surface area contributed by atoms with E-state index in [4.69, 9.17) is 5.11 Å². The third kappa shape index (κ3) is 3.05. The van der Waals surface area contributed by atoms with Gasteiger partial charge in [-0.1, -0.05) is 13.0 Å². The highest BCUT2D eigenvalue weighted by Crippen LogP contribution is 2.69. The number of carbonyl (C=O) groups is 3. The molecule has 0 saturated heterocycles. The zero-order chi connectivity index (χ0) is 22.8. The lowest BCUT2D eigenvalue weighted by Crippen LogP contribution is -2.60. The number of phenolic OH excluding ortho intramolecular Hbond substituents is 1. The largest absolute Gasteiger partial charge is 0.506 e. The Bertz CT molecular complexity index is 1030. The molecule has 3 unspecified atom stereocenters. The molecule has 5 aliphatic carbocycles. The van der Waals surface area contributed by atoms with Crippen molar-refractivity contribution in [2.75, 3.05) is 5.32 Å². The van der Waals surface area contributed by atoms with Gasteiger partial charge in [0, 0.05) is 11.8 Å². The van der Waals surface area contributed by atoms with E-state index < -0.39 is 34.4 Å². The number of carboxylic acids is 1. The van der Waals surface area contributed by atoms with Gasteiger partial charge in [0.15, 0.2) is 11.5 Å². The van der Waals surface area contributed by atoms with Crippen LogP contribution in [0.4, 0.5) is 5.69 Å². The van der Waals surface area contributed by atoms with Crippen molar-refractivity contribution in [1.29, 1.82) is 0 Å². The maximum absolute atomic E-state index is 13.1. The van der Waals surface area contributed by atoms with Crippen LogP contribution in [0.5, 0.6) is 11.5 Å². The summed E-state index contributed by atoms with van der Waals surface area (Å²) in [6.07, 6.45) is 10.3. The molecule has 170 valence electrons. The number of rotatable bonds is 5. The molecule has 4 atom stereocenters. The molecule has 0 aromatic heterocycles. The molecule has 0 heterocycles. The maximum atomic E-state index is 13.1. The normalized spacial score (nSPS) is 36.7. The van der Waals surface area contributed by atoms with E-state index in [1.165, 1.54) is 19.3 Å². The van der Waals surface area contributed by atoms with Crippen molar-refractivity contribution in [3.05, 3.63) is 29.8 Å². The lowest BCUT2D eigenvalue weighted by atomic mass is 9.38. The molecule has 6 rings (SSSR count). The van der Waals surface area contributed by atoms with Gasteiger partial charge in [-0.15, -0.1) is 0 Å². The van der Waals surface area contributed by atoms with Crippen LogP contribution in [0.1, 0.15) is 62.2 Å². The molecule has 4 N–H and O–H groups in total. The number of nitrogens with one attached hydrogen (secondary N) is 1. The topological polar surface area (TPSA) is 124 Å². The second-order valence-electron chi connectivity index (χ2n) is 10.6. The first-order valence-electron chi connectivity index (χ1n) is 11.4. The Hall–Kier alpha value is -2.83. The number of phenols is 2. The molecule has 1 amide bonds. The number of aromatic carboxylic acids is 1. The number of carbonyl (C=O) groups excluding carboxylic acids is 2. The minimum absolute atomic E-state index is 0.0401. The molecule has 7 heteroatoms. The number of hydrogen-bond acceptors (Lipinski definition) is 5. The average Bonchev–Trinajstić information content (AvgIpc) is 2.71. The monoisotopic (exact) mass is 439 g/mol. The van der Waals surface area contributed by atoms with Gasteiger partial charge in [-0.05, 0) is 85.8 Å². The standard InChI is InChI=1S/C25H29NO6/c1-24(6-5-19(29)26-20-17(27)3-2-16(21(20)30)23(31)32)18(28)4-7-25-11-13-8-14(12-25)10-15(9-13)22(24)25/h2-4,7,13-15,22,27,30H,5-6,8-12H2,1H3,(H,26,29)(H,31,32)/t13?,14?,15?,22?,24-,25?/m1/s1. The van der Waals surface area contributed by atoms with Gasteiger partial charge in [0.05, 0.1) is 0 Å². The molecule has 1 aromatic rings. The summed E-state index contributed by atoms with van der Waals surface area (Å²) in [6.45, 7) is 2.00. The van der Waals surface area contributed by atoms with Crippen LogP contribution in [0.2, 0.25) is 0 Å². The Morgan fingerprint density at radius 2 is 1.81 bits per heavy atom. The molecular weight excluding hydrogens is 410 g/mol. The van der Waals surface area contributed by atoms with E-state index in [0.717, 1.165) is 36.8 Å². The highest BCUT2D eigenvalue weighted by Gasteiger charge is 2.63. The number of ketones is 1. The summed E-state index contributed by atoms with van der Waals surface area (Å²) < 4.78 is 0. The van der Waals surface area contributed by atoms with Gasteiger partial charge in [-0.3, -0.25) is 9.59 Å². The van der Waals surface area contributed by atoms with Crippen LogP contribution in [-0.2, 0) is 9.59 Å². The Kier molecular flexibility index (Phi) is 4.66. The smallest absolute Gasteiger partial charge is 0.339 e. The summed E-state index contributed by atoms with van der Waals surface area (Å²) in [5, 5.41) is 31.8. The molecule has 4 saturated carbocycles. The van der Waals surface area contributed by atoms with E-state index in [0.29, 0.717) is 12.3 Å². The van der Waals surface area contributed by atoms with Crippen molar-refractivity contribution < 1.29 is 29.7 Å². The number of carboxylic acid groups (broad SMARTS) is 1. The third-order valence-corrected chi connectivity index (χ3v) is 8.71. The molecule has 7 nitrogen and oxygen atoms in total. The Balaban J connectivity index is 1.35. The van der Waals surface area contributed by atoms with Gasteiger partial charge >= 0.3 is 5.97 Å². The molecule has 1 spiro atoms. The Labute approximate surface area is 186 Å². The Morgan fingerprint density at radius 1 is 1.12 bits per heavy atom. The van der Waals surface area contributed by atoms with Gasteiger partial charge in [-0.25, -0.2) is 4.79 Å². The van der Waals surface area contributed by atoms with Crippen LogP contribution < -0.4 is 5.32 Å². The fourth-order valence-electron chi connectivity index (χ4n) is 7.81. The van der Waals surface area contributed by atoms with Gasteiger partial charge in [0.1, 0.15) is 17.0 Å². The summed E-state index contributed by atoms with van der Waals surface area (Å²) in [4.78, 5) is 37.1. The second kappa shape index (κ2) is 7.09. The molecule has 4 fully saturated rings. The van der Waals surface area contributed by atoms with Crippen molar-refractivity contribution >= 4 is 23.3 Å². The summed E-state index contributed by atoms with van der Waals surface area (Å²) in [7, 11) is 0. The van der Waals surface area contributed by atoms with Crippen molar-refractivity contribution in [3.63, 3.8) is 0 Å². The molecule has 4 bridgehead atoms. The Morgan fingerprint density at radius 3 is 2.47 bits per heavy atom. The minimum Gasteiger partial charge on any atom is -0.506 e. The zero-order valence-electron chi connectivity index (χ0n) is 18.1. The first-order valence-corrected chi connectivity index (χ1v) is 11.4. The number of allylic oxidation sites excluding steroid dienone is 2. The summed E-state index contributed by atoms with van der Waals surface area (Å²) >= 11 is 0. The molecular formula is C25H29NO6. The lowest BCUT2D eigenvalue weighted by molar-refractivity contribution is -0.160. The van der Waals surface area contributed by atoms with E-state index in [2.05, 4.69) is 11.4 Å². The molecule has 5 aliphatic rings. The quantitative estimate of drug-likeness (QED) is 0.512.